The SMILES string of the molecule is Cc1cc(CC(C(=O)O)C(=O)O)ccc1[N+](=O)[O-]. The fourth-order valence-corrected chi connectivity index (χ4v) is 1.57. The lowest BCUT2D eigenvalue weighted by atomic mass is 9.98. The minimum Gasteiger partial charge on any atom is -0.481 e. The van der Waals surface area contributed by atoms with E-state index in [1.54, 1.807) is 0 Å². The Kier molecular flexibility index (Phi) is 3.98. The van der Waals surface area contributed by atoms with Gasteiger partial charge in [-0.3, -0.25) is 19.7 Å². The van der Waals surface area contributed by atoms with Gasteiger partial charge in [-0.1, -0.05) is 6.07 Å². The summed E-state index contributed by atoms with van der Waals surface area (Å²) in [4.78, 5) is 31.5. The predicted molar refractivity (Wildman–Crippen MR) is 60.3 cm³/mol. The van der Waals surface area contributed by atoms with Crippen LogP contribution in [-0.4, -0.2) is 27.1 Å². The van der Waals surface area contributed by atoms with Crippen LogP contribution >= 0.6 is 0 Å². The molecule has 0 aliphatic rings. The molecule has 0 aliphatic heterocycles. The molecule has 0 saturated heterocycles. The molecule has 0 bridgehead atoms. The van der Waals surface area contributed by atoms with Gasteiger partial charge >= 0.3 is 11.9 Å². The molecule has 0 saturated carbocycles. The molecule has 0 aromatic heterocycles. The molecule has 1 aromatic rings. The topological polar surface area (TPSA) is 118 Å². The number of hydrogen-bond donors (Lipinski definition) is 2. The Hall–Kier alpha value is -2.44. The minimum atomic E-state index is -1.55. The van der Waals surface area contributed by atoms with E-state index < -0.39 is 22.8 Å². The smallest absolute Gasteiger partial charge is 0.318 e. The zero-order valence-electron chi connectivity index (χ0n) is 9.49. The number of carbonyl (C=O) groups is 2. The number of nitro groups is 1. The highest BCUT2D eigenvalue weighted by atomic mass is 16.6. The zero-order valence-corrected chi connectivity index (χ0v) is 9.49. The van der Waals surface area contributed by atoms with Gasteiger partial charge in [0.15, 0.2) is 5.92 Å². The van der Waals surface area contributed by atoms with Crippen molar-refractivity contribution < 1.29 is 24.7 Å². The normalized spacial score (nSPS) is 10.3. The van der Waals surface area contributed by atoms with Crippen molar-refractivity contribution in [2.75, 3.05) is 0 Å². The monoisotopic (exact) mass is 253 g/mol. The van der Waals surface area contributed by atoms with Gasteiger partial charge in [0.1, 0.15) is 0 Å². The van der Waals surface area contributed by atoms with Crippen LogP contribution in [0.5, 0.6) is 0 Å². The van der Waals surface area contributed by atoms with Gasteiger partial charge in [-0.25, -0.2) is 0 Å². The second-order valence-corrected chi connectivity index (χ2v) is 3.81. The van der Waals surface area contributed by atoms with Crippen LogP contribution in [0.1, 0.15) is 11.1 Å². The summed E-state index contributed by atoms with van der Waals surface area (Å²) < 4.78 is 0. The van der Waals surface area contributed by atoms with Crippen LogP contribution in [0.25, 0.3) is 0 Å². The Morgan fingerprint density at radius 3 is 2.28 bits per heavy atom. The number of aryl methyl sites for hydroxylation is 1. The largest absolute Gasteiger partial charge is 0.481 e. The fourth-order valence-electron chi connectivity index (χ4n) is 1.57. The predicted octanol–water partition coefficient (Wildman–Crippen LogP) is 1.23. The number of nitrogens with zero attached hydrogens (tertiary/aromatic N) is 1. The van der Waals surface area contributed by atoms with Gasteiger partial charge in [0.25, 0.3) is 5.69 Å². The highest BCUT2D eigenvalue weighted by Gasteiger charge is 2.26. The first kappa shape index (κ1) is 13.6. The zero-order chi connectivity index (χ0) is 13.9. The number of hydrogen-bond acceptors (Lipinski definition) is 4. The Bertz CT molecular complexity index is 496. The van der Waals surface area contributed by atoms with Crippen LogP contribution in [0.2, 0.25) is 0 Å². The second-order valence-electron chi connectivity index (χ2n) is 3.81. The average molecular weight is 253 g/mol. The number of rotatable bonds is 5. The Morgan fingerprint density at radius 2 is 1.89 bits per heavy atom. The van der Waals surface area contributed by atoms with Crippen LogP contribution in [0.4, 0.5) is 5.69 Å². The van der Waals surface area contributed by atoms with Crippen LogP contribution in [0.3, 0.4) is 0 Å². The van der Waals surface area contributed by atoms with Crippen molar-refractivity contribution in [3.8, 4) is 0 Å². The van der Waals surface area contributed by atoms with Gasteiger partial charge < -0.3 is 10.2 Å². The maximum atomic E-state index is 10.7. The molecule has 0 fully saturated rings. The molecule has 7 nitrogen and oxygen atoms in total. The van der Waals surface area contributed by atoms with E-state index in [1.807, 2.05) is 0 Å². The molecule has 0 atom stereocenters. The average Bonchev–Trinajstić information content (AvgIpc) is 2.24. The van der Waals surface area contributed by atoms with E-state index in [4.69, 9.17) is 10.2 Å². The third kappa shape index (κ3) is 3.03. The first-order valence-electron chi connectivity index (χ1n) is 5.02. The van der Waals surface area contributed by atoms with Crippen molar-refractivity contribution in [2.45, 2.75) is 13.3 Å². The molecular formula is C11H11NO6. The lowest BCUT2D eigenvalue weighted by Crippen LogP contribution is -2.25. The van der Waals surface area contributed by atoms with Crippen molar-refractivity contribution in [2.24, 2.45) is 5.92 Å². The van der Waals surface area contributed by atoms with Crippen LogP contribution in [0.15, 0.2) is 18.2 Å². The quantitative estimate of drug-likeness (QED) is 0.463. The summed E-state index contributed by atoms with van der Waals surface area (Å²) >= 11 is 0. The highest BCUT2D eigenvalue weighted by Crippen LogP contribution is 2.20. The van der Waals surface area contributed by atoms with Gasteiger partial charge in [0, 0.05) is 11.6 Å². The molecule has 1 aromatic carbocycles. The summed E-state index contributed by atoms with van der Waals surface area (Å²) in [5.41, 5.74) is 0.723. The Labute approximate surface area is 102 Å². The molecule has 2 N–H and O–H groups in total. The second kappa shape index (κ2) is 5.26. The molecule has 0 amide bonds. The summed E-state index contributed by atoms with van der Waals surface area (Å²) in [7, 11) is 0. The summed E-state index contributed by atoms with van der Waals surface area (Å²) in [6.07, 6.45) is -0.205. The third-order valence-corrected chi connectivity index (χ3v) is 2.49. The van der Waals surface area contributed by atoms with Crippen molar-refractivity contribution in [1.29, 1.82) is 0 Å². The lowest BCUT2D eigenvalue weighted by molar-refractivity contribution is -0.385. The number of nitro benzene ring substituents is 1. The maximum Gasteiger partial charge on any atom is 0.318 e. The summed E-state index contributed by atoms with van der Waals surface area (Å²) in [5.74, 6) is -4.41. The standard InChI is InChI=1S/C11H11NO6/c1-6-4-7(2-3-9(6)12(17)18)5-8(10(13)14)11(15)16/h2-4,8H,5H2,1H3,(H,13,14)(H,15,16). The van der Waals surface area contributed by atoms with Crippen molar-refractivity contribution in [3.05, 3.63) is 39.4 Å². The van der Waals surface area contributed by atoms with Crippen molar-refractivity contribution >= 4 is 17.6 Å². The molecule has 96 valence electrons. The first-order chi connectivity index (χ1) is 8.32. The minimum absolute atomic E-state index is 0.0825. The van der Waals surface area contributed by atoms with E-state index in [9.17, 15) is 19.7 Å². The Balaban J connectivity index is 2.99. The number of carboxylic acid groups (broad SMARTS) is 2. The first-order valence-corrected chi connectivity index (χ1v) is 5.02. The molecule has 0 aliphatic carbocycles. The number of benzene rings is 1. The molecular weight excluding hydrogens is 242 g/mol. The fraction of sp³-hybridized carbons (Fsp3) is 0.273. The highest BCUT2D eigenvalue weighted by molar-refractivity contribution is 5.93. The van der Waals surface area contributed by atoms with Gasteiger partial charge in [-0.05, 0) is 25.0 Å². The van der Waals surface area contributed by atoms with Crippen molar-refractivity contribution in [3.63, 3.8) is 0 Å². The molecule has 0 unspecified atom stereocenters. The number of carboxylic acids is 2. The maximum absolute atomic E-state index is 10.7. The van der Waals surface area contributed by atoms with Crippen LogP contribution < -0.4 is 0 Å². The molecule has 0 radical (unpaired) electrons. The van der Waals surface area contributed by atoms with E-state index in [2.05, 4.69) is 0 Å². The summed E-state index contributed by atoms with van der Waals surface area (Å²) in [6.45, 7) is 1.51. The van der Waals surface area contributed by atoms with Gasteiger partial charge in [0.2, 0.25) is 0 Å². The van der Waals surface area contributed by atoms with E-state index >= 15 is 0 Å². The van der Waals surface area contributed by atoms with E-state index in [-0.39, 0.29) is 12.1 Å². The molecule has 7 heteroatoms. The lowest BCUT2D eigenvalue weighted by Gasteiger charge is -2.08. The molecule has 18 heavy (non-hydrogen) atoms. The molecule has 0 heterocycles. The molecule has 1 rings (SSSR count). The molecule has 0 spiro atoms. The number of aliphatic carboxylic acids is 2. The van der Waals surface area contributed by atoms with Gasteiger partial charge in [0.05, 0.1) is 4.92 Å². The van der Waals surface area contributed by atoms with E-state index in [0.717, 1.165) is 0 Å². The Morgan fingerprint density at radius 1 is 1.33 bits per heavy atom. The third-order valence-electron chi connectivity index (χ3n) is 2.49. The van der Waals surface area contributed by atoms with Crippen LogP contribution in [0, 0.1) is 23.0 Å². The summed E-state index contributed by atoms with van der Waals surface area (Å²) in [5, 5.41) is 28.0. The van der Waals surface area contributed by atoms with Gasteiger partial charge in [-0.15, -0.1) is 0 Å². The summed E-state index contributed by atoms with van der Waals surface area (Å²) in [6, 6.07) is 4.03. The van der Waals surface area contributed by atoms with Gasteiger partial charge in [-0.2, -0.15) is 0 Å². The van der Waals surface area contributed by atoms with E-state index in [1.165, 1.54) is 25.1 Å². The van der Waals surface area contributed by atoms with Crippen molar-refractivity contribution in [1.82, 2.24) is 0 Å². The van der Waals surface area contributed by atoms with E-state index in [0.29, 0.717) is 11.1 Å². The van der Waals surface area contributed by atoms with Crippen LogP contribution in [-0.2, 0) is 16.0 Å².